The van der Waals surface area contributed by atoms with Crippen LogP contribution in [0.1, 0.15) is 33.9 Å². The monoisotopic (exact) mass is 502 g/mol. The lowest BCUT2D eigenvalue weighted by molar-refractivity contribution is 0.112. The topological polar surface area (TPSA) is 50.5 Å². The molecule has 0 unspecified atom stereocenters. The number of halogens is 1. The van der Waals surface area contributed by atoms with Gasteiger partial charge in [0.15, 0.2) is 0 Å². The molecule has 0 spiro atoms. The van der Waals surface area contributed by atoms with Crippen molar-refractivity contribution in [3.8, 4) is 16.9 Å². The molecule has 6 rings (SSSR count). The summed E-state index contributed by atoms with van der Waals surface area (Å²) in [6, 6.07) is 35.6. The predicted octanol–water partition coefficient (Wildman–Crippen LogP) is 7.36. The van der Waals surface area contributed by atoms with Gasteiger partial charge in [0.2, 0.25) is 0 Å². The molecule has 180 valence electrons. The highest BCUT2D eigenvalue weighted by Gasteiger charge is 2.33. The van der Waals surface area contributed by atoms with E-state index in [9.17, 15) is 4.79 Å². The molecule has 1 aliphatic rings. The summed E-state index contributed by atoms with van der Waals surface area (Å²) in [5.41, 5.74) is 7.55. The molecule has 0 N–H and O–H groups in total. The highest BCUT2D eigenvalue weighted by atomic mass is 35.5. The number of benzene rings is 4. The number of carbonyl (C=O) groups is 1. The van der Waals surface area contributed by atoms with E-state index in [0.717, 1.165) is 45.8 Å². The molecule has 0 saturated carbocycles. The van der Waals surface area contributed by atoms with Gasteiger partial charge in [0.1, 0.15) is 6.29 Å². The lowest BCUT2D eigenvalue weighted by atomic mass is 9.96. The van der Waals surface area contributed by atoms with Gasteiger partial charge in [-0.25, -0.2) is 4.68 Å². The van der Waals surface area contributed by atoms with Crippen molar-refractivity contribution in [1.29, 1.82) is 0 Å². The SMILES string of the molecule is O=Cc1ccc(N2N=C(c3ccc(Cl)cc3)C[C@H]2c2cn(-c3ccccc3)nc2-c2ccccc2)cc1. The maximum absolute atomic E-state index is 11.3. The van der Waals surface area contributed by atoms with E-state index in [2.05, 4.69) is 18.3 Å². The zero-order chi connectivity index (χ0) is 25.2. The van der Waals surface area contributed by atoms with E-state index in [1.807, 2.05) is 107 Å². The highest BCUT2D eigenvalue weighted by Crippen LogP contribution is 2.41. The van der Waals surface area contributed by atoms with Gasteiger partial charge >= 0.3 is 0 Å². The number of hydrogen-bond acceptors (Lipinski definition) is 4. The van der Waals surface area contributed by atoms with Gasteiger partial charge in [-0.1, -0.05) is 72.3 Å². The summed E-state index contributed by atoms with van der Waals surface area (Å²) in [7, 11) is 0. The number of aromatic nitrogens is 2. The average molecular weight is 503 g/mol. The Kier molecular flexibility index (Phi) is 6.13. The molecule has 1 atom stereocenters. The van der Waals surface area contributed by atoms with E-state index in [4.69, 9.17) is 21.8 Å². The Morgan fingerprint density at radius 1 is 0.757 bits per heavy atom. The third kappa shape index (κ3) is 4.57. The van der Waals surface area contributed by atoms with Crippen LogP contribution in [0.2, 0.25) is 5.02 Å². The summed E-state index contributed by atoms with van der Waals surface area (Å²) in [4.78, 5) is 11.3. The van der Waals surface area contributed by atoms with Crippen molar-refractivity contribution >= 4 is 29.3 Å². The third-order valence-corrected chi connectivity index (χ3v) is 6.80. The minimum atomic E-state index is -0.0968. The molecular formula is C31H23ClN4O. The summed E-state index contributed by atoms with van der Waals surface area (Å²) in [5, 5.41) is 12.8. The van der Waals surface area contributed by atoms with E-state index in [0.29, 0.717) is 17.0 Å². The molecule has 0 radical (unpaired) electrons. The van der Waals surface area contributed by atoms with Crippen LogP contribution in [-0.4, -0.2) is 21.8 Å². The van der Waals surface area contributed by atoms with Crippen LogP contribution in [-0.2, 0) is 0 Å². The molecule has 0 amide bonds. The summed E-state index contributed by atoms with van der Waals surface area (Å²) in [6.45, 7) is 0. The first-order valence-electron chi connectivity index (χ1n) is 12.1. The Bertz CT molecular complexity index is 1560. The number of para-hydroxylation sites is 1. The van der Waals surface area contributed by atoms with Crippen molar-refractivity contribution in [1.82, 2.24) is 9.78 Å². The molecule has 6 heteroatoms. The largest absolute Gasteiger partial charge is 0.298 e. The third-order valence-electron chi connectivity index (χ3n) is 6.55. The van der Waals surface area contributed by atoms with Crippen LogP contribution in [0, 0.1) is 0 Å². The fourth-order valence-corrected chi connectivity index (χ4v) is 4.80. The molecule has 0 aliphatic carbocycles. The maximum Gasteiger partial charge on any atom is 0.150 e. The minimum Gasteiger partial charge on any atom is -0.298 e. The van der Waals surface area contributed by atoms with Crippen LogP contribution in [0.5, 0.6) is 0 Å². The highest BCUT2D eigenvalue weighted by molar-refractivity contribution is 6.30. The molecule has 4 aromatic carbocycles. The second kappa shape index (κ2) is 9.88. The zero-order valence-electron chi connectivity index (χ0n) is 19.9. The lowest BCUT2D eigenvalue weighted by Crippen LogP contribution is -2.18. The van der Waals surface area contributed by atoms with Crippen molar-refractivity contribution in [2.75, 3.05) is 5.01 Å². The lowest BCUT2D eigenvalue weighted by Gasteiger charge is -2.24. The quantitative estimate of drug-likeness (QED) is 0.228. The van der Waals surface area contributed by atoms with Crippen LogP contribution in [0.15, 0.2) is 120 Å². The van der Waals surface area contributed by atoms with Gasteiger partial charge in [-0.3, -0.25) is 9.80 Å². The van der Waals surface area contributed by atoms with E-state index in [1.54, 1.807) is 0 Å². The van der Waals surface area contributed by atoms with Crippen molar-refractivity contribution < 1.29 is 4.79 Å². The molecular weight excluding hydrogens is 480 g/mol. The molecule has 37 heavy (non-hydrogen) atoms. The Hall–Kier alpha value is -4.48. The Balaban J connectivity index is 1.49. The molecule has 5 aromatic rings. The number of nitrogens with zero attached hydrogens (tertiary/aromatic N) is 4. The summed E-state index contributed by atoms with van der Waals surface area (Å²) >= 11 is 6.16. The minimum absolute atomic E-state index is 0.0968. The first kappa shape index (κ1) is 23.0. The summed E-state index contributed by atoms with van der Waals surface area (Å²) in [6.07, 6.45) is 3.65. The number of anilines is 1. The van der Waals surface area contributed by atoms with E-state index < -0.39 is 0 Å². The Labute approximate surface area is 220 Å². The Morgan fingerprint density at radius 2 is 1.43 bits per heavy atom. The van der Waals surface area contributed by atoms with E-state index in [-0.39, 0.29) is 6.04 Å². The van der Waals surface area contributed by atoms with Gasteiger partial charge in [0.25, 0.3) is 0 Å². The summed E-state index contributed by atoms with van der Waals surface area (Å²) < 4.78 is 1.94. The fraction of sp³-hybridized carbons (Fsp3) is 0.0645. The van der Waals surface area contributed by atoms with Gasteiger partial charge in [0, 0.05) is 34.3 Å². The van der Waals surface area contributed by atoms with Crippen molar-refractivity contribution in [2.45, 2.75) is 12.5 Å². The molecule has 1 aromatic heterocycles. The zero-order valence-corrected chi connectivity index (χ0v) is 20.7. The number of aldehydes is 1. The molecule has 2 heterocycles. The predicted molar refractivity (Wildman–Crippen MR) is 149 cm³/mol. The summed E-state index contributed by atoms with van der Waals surface area (Å²) in [5.74, 6) is 0. The van der Waals surface area contributed by atoms with Gasteiger partial charge in [-0.15, -0.1) is 0 Å². The number of rotatable bonds is 6. The average Bonchev–Trinajstić information content (AvgIpc) is 3.60. The fourth-order valence-electron chi connectivity index (χ4n) is 4.68. The first-order chi connectivity index (χ1) is 18.2. The van der Waals surface area contributed by atoms with Gasteiger partial charge in [-0.05, 0) is 54.1 Å². The standard InChI is InChI=1S/C31H23ClN4O/c32-25-15-13-23(14-16-25)29-19-30(36(33-29)27-17-11-22(21-37)12-18-27)28-20-35(26-9-5-2-6-10-26)34-31(28)24-7-3-1-4-8-24/h1-18,20-21,30H,19H2/t30-/m0/s1. The first-order valence-corrected chi connectivity index (χ1v) is 12.5. The smallest absolute Gasteiger partial charge is 0.150 e. The number of carbonyl (C=O) groups excluding carboxylic acids is 1. The van der Waals surface area contributed by atoms with Crippen LogP contribution in [0.25, 0.3) is 16.9 Å². The van der Waals surface area contributed by atoms with Gasteiger partial charge in [0.05, 0.1) is 28.8 Å². The Morgan fingerprint density at radius 3 is 2.11 bits per heavy atom. The van der Waals surface area contributed by atoms with Gasteiger partial charge < -0.3 is 0 Å². The maximum atomic E-state index is 11.3. The van der Waals surface area contributed by atoms with Crippen molar-refractivity contribution in [3.63, 3.8) is 0 Å². The number of hydrazone groups is 1. The van der Waals surface area contributed by atoms with Crippen LogP contribution in [0.4, 0.5) is 5.69 Å². The van der Waals surface area contributed by atoms with Crippen LogP contribution < -0.4 is 5.01 Å². The van der Waals surface area contributed by atoms with Crippen LogP contribution >= 0.6 is 11.6 Å². The van der Waals surface area contributed by atoms with Gasteiger partial charge in [-0.2, -0.15) is 10.2 Å². The van der Waals surface area contributed by atoms with Crippen molar-refractivity contribution in [2.24, 2.45) is 5.10 Å². The molecule has 0 saturated heterocycles. The normalized spacial score (nSPS) is 15.0. The molecule has 5 nitrogen and oxygen atoms in total. The molecule has 0 bridgehead atoms. The molecule has 1 aliphatic heterocycles. The van der Waals surface area contributed by atoms with E-state index in [1.165, 1.54) is 0 Å². The second-order valence-corrected chi connectivity index (χ2v) is 9.34. The van der Waals surface area contributed by atoms with Crippen molar-refractivity contribution in [3.05, 3.63) is 137 Å². The van der Waals surface area contributed by atoms with Crippen LogP contribution in [0.3, 0.4) is 0 Å². The van der Waals surface area contributed by atoms with E-state index >= 15 is 0 Å². The second-order valence-electron chi connectivity index (χ2n) is 8.91. The number of hydrogen-bond donors (Lipinski definition) is 0. The molecule has 0 fully saturated rings.